The number of aliphatic hydroxyl groups excluding tert-OH is 1. The molecule has 0 bridgehead atoms. The van der Waals surface area contributed by atoms with Gasteiger partial charge in [-0.2, -0.15) is 13.2 Å². The van der Waals surface area contributed by atoms with E-state index in [1.54, 1.807) is 0 Å². The maximum absolute atomic E-state index is 13.5. The van der Waals surface area contributed by atoms with Gasteiger partial charge in [-0.25, -0.2) is 14.1 Å². The first-order valence-electron chi connectivity index (χ1n) is 5.70. The minimum atomic E-state index is -4.65. The molecule has 0 amide bonds. The zero-order valence-electron chi connectivity index (χ0n) is 10.4. The molecule has 0 aliphatic heterocycles. The Morgan fingerprint density at radius 3 is 2.50 bits per heavy atom. The van der Waals surface area contributed by atoms with Crippen LogP contribution in [0.2, 0.25) is 0 Å². The lowest BCUT2D eigenvalue weighted by Gasteiger charge is -2.12. The van der Waals surface area contributed by atoms with Gasteiger partial charge in [-0.15, -0.1) is 5.10 Å². The minimum absolute atomic E-state index is 0.00374. The van der Waals surface area contributed by atoms with Crippen molar-refractivity contribution in [1.82, 2.24) is 14.8 Å². The summed E-state index contributed by atoms with van der Waals surface area (Å²) in [4.78, 5) is 3.27. The molecule has 1 aromatic carbocycles. The van der Waals surface area contributed by atoms with Crippen molar-refractivity contribution >= 4 is 0 Å². The molecule has 1 aromatic heterocycles. The highest BCUT2D eigenvalue weighted by atomic mass is 19.4. The molecule has 1 N–H and O–H groups in total. The van der Waals surface area contributed by atoms with Crippen LogP contribution in [0.15, 0.2) is 24.3 Å². The van der Waals surface area contributed by atoms with Crippen LogP contribution in [0.25, 0.3) is 0 Å². The fourth-order valence-corrected chi connectivity index (χ4v) is 1.72. The summed E-state index contributed by atoms with van der Waals surface area (Å²) in [5, 5.41) is 13.2. The number of alkyl halides is 3. The van der Waals surface area contributed by atoms with E-state index in [1.165, 1.54) is 25.1 Å². The molecule has 0 saturated carbocycles. The van der Waals surface area contributed by atoms with Gasteiger partial charge in [0.05, 0.1) is 6.54 Å². The van der Waals surface area contributed by atoms with E-state index < -0.39 is 23.9 Å². The van der Waals surface area contributed by atoms with Crippen LogP contribution in [0.5, 0.6) is 0 Å². The molecular formula is C12H11F4N3O. The Hall–Kier alpha value is -1.96. The van der Waals surface area contributed by atoms with Crippen molar-refractivity contribution in [2.75, 3.05) is 0 Å². The summed E-state index contributed by atoms with van der Waals surface area (Å²) < 4.78 is 51.7. The maximum atomic E-state index is 13.5. The van der Waals surface area contributed by atoms with Gasteiger partial charge in [0, 0.05) is 5.56 Å². The number of halogens is 4. The minimum Gasteiger partial charge on any atom is -0.386 e. The van der Waals surface area contributed by atoms with E-state index in [1.807, 2.05) is 0 Å². The second-order valence-electron chi connectivity index (χ2n) is 4.20. The quantitative estimate of drug-likeness (QED) is 0.883. The summed E-state index contributed by atoms with van der Waals surface area (Å²) >= 11 is 0. The zero-order valence-corrected chi connectivity index (χ0v) is 10.4. The molecule has 20 heavy (non-hydrogen) atoms. The van der Waals surface area contributed by atoms with Crippen LogP contribution in [0, 0.1) is 12.7 Å². The number of hydrogen-bond donors (Lipinski definition) is 1. The predicted octanol–water partition coefficient (Wildman–Crippen LogP) is 2.48. The van der Waals surface area contributed by atoms with Crippen molar-refractivity contribution in [1.29, 1.82) is 0 Å². The van der Waals surface area contributed by atoms with E-state index in [9.17, 15) is 22.7 Å². The fourth-order valence-electron chi connectivity index (χ4n) is 1.72. The third-order valence-corrected chi connectivity index (χ3v) is 2.72. The Morgan fingerprint density at radius 1 is 1.30 bits per heavy atom. The number of aromatic nitrogens is 3. The van der Waals surface area contributed by atoms with Crippen molar-refractivity contribution < 1.29 is 22.7 Å². The van der Waals surface area contributed by atoms with Crippen molar-refractivity contribution in [2.24, 2.45) is 0 Å². The third-order valence-electron chi connectivity index (χ3n) is 2.72. The highest BCUT2D eigenvalue weighted by molar-refractivity contribution is 5.19. The lowest BCUT2D eigenvalue weighted by molar-refractivity contribution is -0.145. The van der Waals surface area contributed by atoms with Gasteiger partial charge in [0.25, 0.3) is 5.82 Å². The largest absolute Gasteiger partial charge is 0.453 e. The molecule has 4 nitrogen and oxygen atoms in total. The Kier molecular flexibility index (Phi) is 3.76. The first kappa shape index (κ1) is 14.4. The lowest BCUT2D eigenvalue weighted by Crippen LogP contribution is -2.14. The standard InChI is InChI=1S/C12H11F4N3O/c1-7-17-11(12(14,15)16)18-19(7)6-10(20)8-4-2-3-5-9(8)13/h2-5,10,20H,6H2,1H3/t10-/m0/s1. The van der Waals surface area contributed by atoms with Gasteiger partial charge in [-0.3, -0.25) is 0 Å². The van der Waals surface area contributed by atoms with Crippen LogP contribution in [-0.2, 0) is 12.7 Å². The van der Waals surface area contributed by atoms with E-state index in [4.69, 9.17) is 0 Å². The SMILES string of the molecule is Cc1nc(C(F)(F)F)nn1C[C@H](O)c1ccccc1F. The summed E-state index contributed by atoms with van der Waals surface area (Å²) in [7, 11) is 0. The van der Waals surface area contributed by atoms with Gasteiger partial charge in [-0.05, 0) is 13.0 Å². The lowest BCUT2D eigenvalue weighted by atomic mass is 10.1. The number of rotatable bonds is 3. The van der Waals surface area contributed by atoms with Crippen molar-refractivity contribution in [3.05, 3.63) is 47.3 Å². The molecule has 0 fully saturated rings. The first-order valence-corrected chi connectivity index (χ1v) is 5.70. The molecule has 1 atom stereocenters. The van der Waals surface area contributed by atoms with Crippen molar-refractivity contribution in [2.45, 2.75) is 25.7 Å². The van der Waals surface area contributed by atoms with Gasteiger partial charge >= 0.3 is 6.18 Å². The Labute approximate surface area is 111 Å². The van der Waals surface area contributed by atoms with Crippen LogP contribution >= 0.6 is 0 Å². The molecule has 0 aliphatic rings. The Morgan fingerprint density at radius 2 is 1.95 bits per heavy atom. The zero-order chi connectivity index (χ0) is 14.9. The second-order valence-corrected chi connectivity index (χ2v) is 4.20. The summed E-state index contributed by atoms with van der Waals surface area (Å²) in [6.07, 6.45) is -5.96. The molecule has 0 saturated heterocycles. The highest BCUT2D eigenvalue weighted by Crippen LogP contribution is 2.27. The number of aryl methyl sites for hydroxylation is 1. The number of hydrogen-bond acceptors (Lipinski definition) is 3. The molecule has 1 heterocycles. The van der Waals surface area contributed by atoms with E-state index >= 15 is 0 Å². The Balaban J connectivity index is 2.22. The van der Waals surface area contributed by atoms with E-state index in [0.29, 0.717) is 0 Å². The van der Waals surface area contributed by atoms with Crippen molar-refractivity contribution in [3.63, 3.8) is 0 Å². The van der Waals surface area contributed by atoms with Crippen molar-refractivity contribution in [3.8, 4) is 0 Å². The van der Waals surface area contributed by atoms with Gasteiger partial charge < -0.3 is 5.11 Å². The number of nitrogens with zero attached hydrogens (tertiary/aromatic N) is 3. The van der Waals surface area contributed by atoms with E-state index in [-0.39, 0.29) is 17.9 Å². The molecule has 0 spiro atoms. The first-order chi connectivity index (χ1) is 9.29. The maximum Gasteiger partial charge on any atom is 0.453 e. The smallest absolute Gasteiger partial charge is 0.386 e. The fraction of sp³-hybridized carbons (Fsp3) is 0.333. The third kappa shape index (κ3) is 2.96. The van der Waals surface area contributed by atoms with Crippen LogP contribution in [-0.4, -0.2) is 19.9 Å². The van der Waals surface area contributed by atoms with Gasteiger partial charge in [0.1, 0.15) is 17.7 Å². The molecule has 0 radical (unpaired) electrons. The molecule has 0 unspecified atom stereocenters. The molecule has 2 rings (SSSR count). The van der Waals surface area contributed by atoms with E-state index in [2.05, 4.69) is 10.1 Å². The molecule has 2 aromatic rings. The molecule has 0 aliphatic carbocycles. The Bertz CT molecular complexity index is 609. The molecular weight excluding hydrogens is 278 g/mol. The van der Waals surface area contributed by atoms with Gasteiger partial charge in [-0.1, -0.05) is 18.2 Å². The van der Waals surface area contributed by atoms with Crippen LogP contribution in [0.3, 0.4) is 0 Å². The summed E-state index contributed by atoms with van der Waals surface area (Å²) in [5.74, 6) is -1.92. The normalized spacial score (nSPS) is 13.5. The van der Waals surface area contributed by atoms with Crippen LogP contribution in [0.4, 0.5) is 17.6 Å². The number of benzene rings is 1. The second kappa shape index (κ2) is 5.20. The summed E-state index contributed by atoms with van der Waals surface area (Å²) in [6, 6.07) is 5.50. The van der Waals surface area contributed by atoms with Gasteiger partial charge in [0.2, 0.25) is 0 Å². The topological polar surface area (TPSA) is 50.9 Å². The highest BCUT2D eigenvalue weighted by Gasteiger charge is 2.36. The van der Waals surface area contributed by atoms with Gasteiger partial charge in [0.15, 0.2) is 0 Å². The summed E-state index contributed by atoms with van der Waals surface area (Å²) in [5.41, 5.74) is -0.00374. The monoisotopic (exact) mass is 289 g/mol. The summed E-state index contributed by atoms with van der Waals surface area (Å²) in [6.45, 7) is 1.02. The number of aliphatic hydroxyl groups is 1. The van der Waals surface area contributed by atoms with Crippen LogP contribution < -0.4 is 0 Å². The average molecular weight is 289 g/mol. The van der Waals surface area contributed by atoms with E-state index in [0.717, 1.165) is 10.7 Å². The predicted molar refractivity (Wildman–Crippen MR) is 61.1 cm³/mol. The van der Waals surface area contributed by atoms with Crippen LogP contribution in [0.1, 0.15) is 23.3 Å². The molecule has 108 valence electrons. The average Bonchev–Trinajstić information content (AvgIpc) is 2.71. The molecule has 8 heteroatoms.